The van der Waals surface area contributed by atoms with Crippen LogP contribution in [-0.4, -0.2) is 18.4 Å². The molecule has 1 heterocycles. The molecule has 0 atom stereocenters. The lowest BCUT2D eigenvalue weighted by Gasteiger charge is -2.16. The number of nitrogens with zero attached hydrogens (tertiary/aromatic N) is 1. The molecule has 1 aliphatic heterocycles. The van der Waals surface area contributed by atoms with E-state index < -0.39 is 0 Å². The summed E-state index contributed by atoms with van der Waals surface area (Å²) in [5.41, 5.74) is 1.97. The minimum atomic E-state index is -0.253. The molecule has 5 nitrogen and oxygen atoms in total. The second-order valence-corrected chi connectivity index (χ2v) is 6.56. The minimum Gasteiger partial charge on any atom is -0.457 e. The lowest BCUT2D eigenvalue weighted by molar-refractivity contribution is -0.117. The Balaban J connectivity index is 1.49. The first-order valence-corrected chi connectivity index (χ1v) is 9.24. The van der Waals surface area contributed by atoms with Crippen molar-refractivity contribution in [2.45, 2.75) is 12.8 Å². The number of hydrogen-bond donors (Lipinski definition) is 1. The second-order valence-electron chi connectivity index (χ2n) is 6.56. The first-order valence-electron chi connectivity index (χ1n) is 9.24. The molecular formula is C23H20N2O3. The van der Waals surface area contributed by atoms with Crippen LogP contribution in [0.25, 0.3) is 0 Å². The molecule has 0 aromatic heterocycles. The first kappa shape index (κ1) is 17.8. The van der Waals surface area contributed by atoms with Gasteiger partial charge in [0.2, 0.25) is 5.91 Å². The van der Waals surface area contributed by atoms with E-state index >= 15 is 0 Å². The summed E-state index contributed by atoms with van der Waals surface area (Å²) in [4.78, 5) is 26.4. The third kappa shape index (κ3) is 3.88. The number of nitrogens with one attached hydrogen (secondary N) is 1. The largest absolute Gasteiger partial charge is 0.457 e. The Morgan fingerprint density at radius 1 is 0.893 bits per heavy atom. The maximum Gasteiger partial charge on any atom is 0.259 e. The highest BCUT2D eigenvalue weighted by molar-refractivity contribution is 6.06. The van der Waals surface area contributed by atoms with Crippen molar-refractivity contribution in [1.82, 2.24) is 0 Å². The standard InChI is InChI=1S/C23H20N2O3/c26-22-11-6-16-25(22)18-14-12-17(13-15-18)24-23(27)20-9-4-5-10-21(20)28-19-7-2-1-3-8-19/h1-5,7-10,12-15H,6,11,16H2,(H,24,27). The monoisotopic (exact) mass is 372 g/mol. The predicted molar refractivity (Wildman–Crippen MR) is 109 cm³/mol. The van der Waals surface area contributed by atoms with Gasteiger partial charge in [0.05, 0.1) is 5.56 Å². The van der Waals surface area contributed by atoms with Gasteiger partial charge in [-0.2, -0.15) is 0 Å². The summed E-state index contributed by atoms with van der Waals surface area (Å²) in [6, 6.07) is 23.8. The third-order valence-electron chi connectivity index (χ3n) is 4.61. The lowest BCUT2D eigenvalue weighted by Crippen LogP contribution is -2.23. The van der Waals surface area contributed by atoms with E-state index in [1.165, 1.54) is 0 Å². The average Bonchev–Trinajstić information content (AvgIpc) is 3.16. The molecule has 3 aromatic carbocycles. The number of benzene rings is 3. The van der Waals surface area contributed by atoms with Crippen LogP contribution < -0.4 is 15.0 Å². The van der Waals surface area contributed by atoms with Crippen molar-refractivity contribution in [1.29, 1.82) is 0 Å². The van der Waals surface area contributed by atoms with Crippen molar-refractivity contribution in [3.05, 3.63) is 84.4 Å². The van der Waals surface area contributed by atoms with Crippen molar-refractivity contribution in [2.75, 3.05) is 16.8 Å². The number of ether oxygens (including phenoxy) is 1. The Labute approximate surface area is 163 Å². The van der Waals surface area contributed by atoms with Crippen LogP contribution in [0, 0.1) is 0 Å². The number of amides is 2. The normalized spacial score (nSPS) is 13.4. The van der Waals surface area contributed by atoms with Gasteiger partial charge in [-0.1, -0.05) is 30.3 Å². The molecule has 3 aromatic rings. The van der Waals surface area contributed by atoms with E-state index in [1.807, 2.05) is 48.5 Å². The highest BCUT2D eigenvalue weighted by Gasteiger charge is 2.21. The summed E-state index contributed by atoms with van der Waals surface area (Å²) in [5, 5.41) is 2.89. The van der Waals surface area contributed by atoms with Crippen molar-refractivity contribution in [2.24, 2.45) is 0 Å². The summed E-state index contributed by atoms with van der Waals surface area (Å²) in [6.07, 6.45) is 1.48. The Kier molecular flexibility index (Phi) is 5.06. The van der Waals surface area contributed by atoms with Gasteiger partial charge in [-0.3, -0.25) is 9.59 Å². The topological polar surface area (TPSA) is 58.6 Å². The molecule has 4 rings (SSSR count). The molecule has 0 radical (unpaired) electrons. The van der Waals surface area contributed by atoms with E-state index in [0.717, 1.165) is 18.7 Å². The smallest absolute Gasteiger partial charge is 0.259 e. The van der Waals surface area contributed by atoms with Crippen LogP contribution in [0.15, 0.2) is 78.9 Å². The molecule has 0 spiro atoms. The van der Waals surface area contributed by atoms with E-state index in [2.05, 4.69) is 5.32 Å². The first-order chi connectivity index (χ1) is 13.7. The second kappa shape index (κ2) is 7.96. The average molecular weight is 372 g/mol. The fraction of sp³-hybridized carbons (Fsp3) is 0.130. The summed E-state index contributed by atoms with van der Waals surface area (Å²) in [6.45, 7) is 0.745. The Morgan fingerprint density at radius 2 is 1.61 bits per heavy atom. The van der Waals surface area contributed by atoms with Gasteiger partial charge in [-0.15, -0.1) is 0 Å². The zero-order valence-corrected chi connectivity index (χ0v) is 15.3. The number of carbonyl (C=O) groups excluding carboxylic acids is 2. The number of rotatable bonds is 5. The van der Waals surface area contributed by atoms with Gasteiger partial charge >= 0.3 is 0 Å². The van der Waals surface area contributed by atoms with Gasteiger partial charge in [0.15, 0.2) is 0 Å². The molecule has 5 heteroatoms. The minimum absolute atomic E-state index is 0.142. The highest BCUT2D eigenvalue weighted by Crippen LogP contribution is 2.27. The van der Waals surface area contributed by atoms with E-state index in [0.29, 0.717) is 29.2 Å². The maximum atomic E-state index is 12.8. The van der Waals surface area contributed by atoms with Gasteiger partial charge < -0.3 is 15.0 Å². The van der Waals surface area contributed by atoms with Crippen molar-refractivity contribution in [3.63, 3.8) is 0 Å². The molecule has 1 aliphatic rings. The molecule has 1 saturated heterocycles. The predicted octanol–water partition coefficient (Wildman–Crippen LogP) is 4.86. The molecule has 140 valence electrons. The molecule has 0 aliphatic carbocycles. The SMILES string of the molecule is O=C(Nc1ccc(N2CCCC2=O)cc1)c1ccccc1Oc1ccccc1. The van der Waals surface area contributed by atoms with Crippen LogP contribution in [0.5, 0.6) is 11.5 Å². The number of carbonyl (C=O) groups is 2. The van der Waals surface area contributed by atoms with Crippen LogP contribution in [0.1, 0.15) is 23.2 Å². The van der Waals surface area contributed by atoms with Gasteiger partial charge in [-0.05, 0) is 55.0 Å². The summed E-state index contributed by atoms with van der Waals surface area (Å²) >= 11 is 0. The van der Waals surface area contributed by atoms with E-state index in [9.17, 15) is 9.59 Å². The molecule has 0 unspecified atom stereocenters. The molecule has 28 heavy (non-hydrogen) atoms. The fourth-order valence-corrected chi connectivity index (χ4v) is 3.20. The molecular weight excluding hydrogens is 352 g/mol. The Hall–Kier alpha value is -3.60. The van der Waals surface area contributed by atoms with E-state index in [-0.39, 0.29) is 11.8 Å². The number of anilines is 2. The molecule has 1 N–H and O–H groups in total. The number of para-hydroxylation sites is 2. The summed E-state index contributed by atoms with van der Waals surface area (Å²) < 4.78 is 5.86. The number of hydrogen-bond acceptors (Lipinski definition) is 3. The fourth-order valence-electron chi connectivity index (χ4n) is 3.20. The lowest BCUT2D eigenvalue weighted by atomic mass is 10.1. The zero-order valence-electron chi connectivity index (χ0n) is 15.3. The van der Waals surface area contributed by atoms with Gasteiger partial charge in [-0.25, -0.2) is 0 Å². The van der Waals surface area contributed by atoms with Gasteiger partial charge in [0.1, 0.15) is 11.5 Å². The highest BCUT2D eigenvalue weighted by atomic mass is 16.5. The van der Waals surface area contributed by atoms with Crippen LogP contribution in [-0.2, 0) is 4.79 Å². The van der Waals surface area contributed by atoms with Crippen LogP contribution in [0.3, 0.4) is 0 Å². The van der Waals surface area contributed by atoms with Crippen LogP contribution in [0.4, 0.5) is 11.4 Å². The Morgan fingerprint density at radius 3 is 2.32 bits per heavy atom. The van der Waals surface area contributed by atoms with Gasteiger partial charge in [0.25, 0.3) is 5.91 Å². The Bertz CT molecular complexity index is 984. The maximum absolute atomic E-state index is 12.8. The zero-order chi connectivity index (χ0) is 19.3. The van der Waals surface area contributed by atoms with Crippen molar-refractivity contribution >= 4 is 23.2 Å². The molecule has 1 fully saturated rings. The van der Waals surface area contributed by atoms with Crippen molar-refractivity contribution in [3.8, 4) is 11.5 Å². The van der Waals surface area contributed by atoms with Crippen molar-refractivity contribution < 1.29 is 14.3 Å². The van der Waals surface area contributed by atoms with Crippen LogP contribution >= 0.6 is 0 Å². The summed E-state index contributed by atoms with van der Waals surface area (Å²) in [5.74, 6) is 1.05. The third-order valence-corrected chi connectivity index (χ3v) is 4.61. The molecule has 0 bridgehead atoms. The van der Waals surface area contributed by atoms with E-state index in [1.54, 1.807) is 35.2 Å². The molecule has 0 saturated carbocycles. The van der Waals surface area contributed by atoms with Crippen LogP contribution in [0.2, 0.25) is 0 Å². The molecule has 2 amide bonds. The van der Waals surface area contributed by atoms with Gasteiger partial charge in [0, 0.05) is 24.3 Å². The quantitative estimate of drug-likeness (QED) is 0.696. The van der Waals surface area contributed by atoms with E-state index in [4.69, 9.17) is 4.74 Å². The summed E-state index contributed by atoms with van der Waals surface area (Å²) in [7, 11) is 0.